The Morgan fingerprint density at radius 2 is 2.05 bits per heavy atom. The molecule has 5 heteroatoms. The van der Waals surface area contributed by atoms with Crippen molar-refractivity contribution < 1.29 is 9.90 Å². The monoisotopic (exact) mass is 290 g/mol. The van der Waals surface area contributed by atoms with Gasteiger partial charge < -0.3 is 16.2 Å². The fourth-order valence-corrected chi connectivity index (χ4v) is 2.08. The first-order chi connectivity index (χ1) is 9.47. The van der Waals surface area contributed by atoms with Crippen LogP contribution in [0.3, 0.4) is 0 Å². The minimum Gasteiger partial charge on any atom is -0.506 e. The first-order valence-electron chi connectivity index (χ1n) is 6.09. The van der Waals surface area contributed by atoms with Gasteiger partial charge in [-0.1, -0.05) is 17.7 Å². The zero-order valence-electron chi connectivity index (χ0n) is 11.0. The first-order valence-corrected chi connectivity index (χ1v) is 6.47. The number of hydrogen-bond acceptors (Lipinski definition) is 3. The number of nitrogens with one attached hydrogen (secondary N) is 1. The molecule has 0 aliphatic carbocycles. The van der Waals surface area contributed by atoms with Crippen molar-refractivity contribution in [3.05, 3.63) is 58.1 Å². The third kappa shape index (κ3) is 3.22. The van der Waals surface area contributed by atoms with E-state index in [1.165, 1.54) is 0 Å². The molecule has 2 aromatic carbocycles. The SMILES string of the molecule is Cc1cc(C(N)=O)ccc1NCc1ccc(O)c(Cl)c1. The number of rotatable bonds is 4. The van der Waals surface area contributed by atoms with Crippen molar-refractivity contribution in [2.24, 2.45) is 5.73 Å². The van der Waals surface area contributed by atoms with E-state index in [0.29, 0.717) is 17.1 Å². The van der Waals surface area contributed by atoms with Crippen LogP contribution in [0.15, 0.2) is 36.4 Å². The number of benzene rings is 2. The number of carbonyl (C=O) groups is 1. The van der Waals surface area contributed by atoms with Crippen molar-refractivity contribution in [1.82, 2.24) is 0 Å². The molecule has 0 fully saturated rings. The number of phenols is 1. The Bertz CT molecular complexity index is 656. The van der Waals surface area contributed by atoms with Gasteiger partial charge in [0.25, 0.3) is 0 Å². The fraction of sp³-hybridized carbons (Fsp3) is 0.133. The number of anilines is 1. The second-order valence-corrected chi connectivity index (χ2v) is 4.94. The molecule has 104 valence electrons. The van der Waals surface area contributed by atoms with Crippen LogP contribution in [0.2, 0.25) is 5.02 Å². The van der Waals surface area contributed by atoms with Gasteiger partial charge in [-0.2, -0.15) is 0 Å². The maximum atomic E-state index is 11.1. The Hall–Kier alpha value is -2.20. The number of hydrogen-bond donors (Lipinski definition) is 3. The molecule has 0 aliphatic rings. The zero-order valence-corrected chi connectivity index (χ0v) is 11.7. The summed E-state index contributed by atoms with van der Waals surface area (Å²) in [6.45, 7) is 2.47. The smallest absolute Gasteiger partial charge is 0.248 e. The van der Waals surface area contributed by atoms with Crippen LogP contribution in [0.4, 0.5) is 5.69 Å². The molecule has 0 unspecified atom stereocenters. The van der Waals surface area contributed by atoms with E-state index in [1.54, 1.807) is 30.3 Å². The normalized spacial score (nSPS) is 10.3. The summed E-state index contributed by atoms with van der Waals surface area (Å²) >= 11 is 5.85. The van der Waals surface area contributed by atoms with Gasteiger partial charge in [-0.3, -0.25) is 4.79 Å². The van der Waals surface area contributed by atoms with E-state index in [4.69, 9.17) is 17.3 Å². The van der Waals surface area contributed by atoms with Crippen LogP contribution < -0.4 is 11.1 Å². The fourth-order valence-electron chi connectivity index (χ4n) is 1.87. The van der Waals surface area contributed by atoms with Gasteiger partial charge in [-0.25, -0.2) is 0 Å². The highest BCUT2D eigenvalue weighted by atomic mass is 35.5. The predicted octanol–water partition coefficient (Wildman–Crippen LogP) is 3.07. The van der Waals surface area contributed by atoms with Crippen LogP contribution in [-0.4, -0.2) is 11.0 Å². The van der Waals surface area contributed by atoms with E-state index in [2.05, 4.69) is 5.32 Å². The summed E-state index contributed by atoms with van der Waals surface area (Å²) in [6, 6.07) is 10.3. The van der Waals surface area contributed by atoms with Crippen molar-refractivity contribution in [3.8, 4) is 5.75 Å². The van der Waals surface area contributed by atoms with E-state index in [-0.39, 0.29) is 5.75 Å². The average Bonchev–Trinajstić information content (AvgIpc) is 2.41. The maximum Gasteiger partial charge on any atom is 0.248 e. The molecule has 4 nitrogen and oxygen atoms in total. The highest BCUT2D eigenvalue weighted by Crippen LogP contribution is 2.24. The third-order valence-electron chi connectivity index (χ3n) is 3.01. The lowest BCUT2D eigenvalue weighted by atomic mass is 10.1. The molecule has 4 N–H and O–H groups in total. The molecule has 0 aliphatic heterocycles. The molecular weight excluding hydrogens is 276 g/mol. The number of phenolic OH excluding ortho intramolecular Hbond substituents is 1. The van der Waals surface area contributed by atoms with E-state index < -0.39 is 5.91 Å². The molecule has 0 heterocycles. The van der Waals surface area contributed by atoms with Crippen LogP contribution in [0, 0.1) is 6.92 Å². The second kappa shape index (κ2) is 5.84. The molecule has 2 rings (SSSR count). The second-order valence-electron chi connectivity index (χ2n) is 4.53. The molecule has 0 spiro atoms. The Morgan fingerprint density at radius 1 is 1.30 bits per heavy atom. The third-order valence-corrected chi connectivity index (χ3v) is 3.31. The van der Waals surface area contributed by atoms with Gasteiger partial charge in [-0.05, 0) is 48.4 Å². The van der Waals surface area contributed by atoms with E-state index in [0.717, 1.165) is 16.8 Å². The van der Waals surface area contributed by atoms with Gasteiger partial charge >= 0.3 is 0 Å². The topological polar surface area (TPSA) is 75.4 Å². The van der Waals surface area contributed by atoms with Gasteiger partial charge in [0.1, 0.15) is 5.75 Å². The number of primary amides is 1. The van der Waals surface area contributed by atoms with Crippen LogP contribution in [0.1, 0.15) is 21.5 Å². The number of aromatic hydroxyl groups is 1. The van der Waals surface area contributed by atoms with Gasteiger partial charge in [0.15, 0.2) is 0 Å². The number of aryl methyl sites for hydroxylation is 1. The van der Waals surface area contributed by atoms with Crippen molar-refractivity contribution in [2.75, 3.05) is 5.32 Å². The van der Waals surface area contributed by atoms with E-state index in [9.17, 15) is 9.90 Å². The molecule has 0 saturated heterocycles. The lowest BCUT2D eigenvalue weighted by Crippen LogP contribution is -2.11. The maximum absolute atomic E-state index is 11.1. The van der Waals surface area contributed by atoms with E-state index in [1.807, 2.05) is 13.0 Å². The van der Waals surface area contributed by atoms with Gasteiger partial charge in [0.05, 0.1) is 5.02 Å². The summed E-state index contributed by atoms with van der Waals surface area (Å²) in [6.07, 6.45) is 0. The van der Waals surface area contributed by atoms with Gasteiger partial charge in [0.2, 0.25) is 5.91 Å². The Labute approximate surface area is 122 Å². The first kappa shape index (κ1) is 14.2. The van der Waals surface area contributed by atoms with Crippen molar-refractivity contribution >= 4 is 23.2 Å². The summed E-state index contributed by atoms with van der Waals surface area (Å²) < 4.78 is 0. The van der Waals surface area contributed by atoms with Crippen LogP contribution in [-0.2, 0) is 6.54 Å². The van der Waals surface area contributed by atoms with Crippen LogP contribution in [0.5, 0.6) is 5.75 Å². The summed E-state index contributed by atoms with van der Waals surface area (Å²) in [7, 11) is 0. The van der Waals surface area contributed by atoms with Crippen molar-refractivity contribution in [2.45, 2.75) is 13.5 Å². The van der Waals surface area contributed by atoms with Gasteiger partial charge in [0, 0.05) is 17.8 Å². The number of halogens is 1. The Kier molecular flexibility index (Phi) is 4.15. The number of nitrogens with two attached hydrogens (primary N) is 1. The quantitative estimate of drug-likeness (QED) is 0.810. The molecule has 0 bridgehead atoms. The molecule has 0 aromatic heterocycles. The lowest BCUT2D eigenvalue weighted by molar-refractivity contribution is 0.1000. The van der Waals surface area contributed by atoms with Gasteiger partial charge in [-0.15, -0.1) is 0 Å². The summed E-state index contributed by atoms with van der Waals surface area (Å²) in [5.74, 6) is -0.373. The van der Waals surface area contributed by atoms with Crippen molar-refractivity contribution in [3.63, 3.8) is 0 Å². The lowest BCUT2D eigenvalue weighted by Gasteiger charge is -2.11. The molecule has 0 atom stereocenters. The summed E-state index contributed by atoms with van der Waals surface area (Å²) in [5, 5.41) is 12.9. The molecule has 20 heavy (non-hydrogen) atoms. The standard InChI is InChI=1S/C15H15ClN2O2/c1-9-6-11(15(17)20)3-4-13(9)18-8-10-2-5-14(19)12(16)7-10/h2-7,18-19H,8H2,1H3,(H2,17,20). The molecule has 0 radical (unpaired) electrons. The molecule has 0 saturated carbocycles. The Morgan fingerprint density at radius 3 is 2.65 bits per heavy atom. The van der Waals surface area contributed by atoms with E-state index >= 15 is 0 Å². The van der Waals surface area contributed by atoms with Crippen LogP contribution in [0.25, 0.3) is 0 Å². The zero-order chi connectivity index (χ0) is 14.7. The molecular formula is C15H15ClN2O2. The summed E-state index contributed by atoms with van der Waals surface area (Å²) in [4.78, 5) is 11.1. The minimum atomic E-state index is -0.440. The largest absolute Gasteiger partial charge is 0.506 e. The van der Waals surface area contributed by atoms with Crippen LogP contribution >= 0.6 is 11.6 Å². The number of amides is 1. The summed E-state index contributed by atoms with van der Waals surface area (Å²) in [5.41, 5.74) is 8.52. The van der Waals surface area contributed by atoms with Crippen molar-refractivity contribution in [1.29, 1.82) is 0 Å². The number of carbonyl (C=O) groups excluding carboxylic acids is 1. The highest BCUT2D eigenvalue weighted by Gasteiger charge is 2.05. The average molecular weight is 291 g/mol. The highest BCUT2D eigenvalue weighted by molar-refractivity contribution is 6.32. The molecule has 2 aromatic rings. The predicted molar refractivity (Wildman–Crippen MR) is 80.1 cm³/mol. The minimum absolute atomic E-state index is 0.0670. The molecule has 1 amide bonds. The Balaban J connectivity index is 2.10.